The summed E-state index contributed by atoms with van der Waals surface area (Å²) < 4.78 is 13.7. The fourth-order valence-electron chi connectivity index (χ4n) is 4.40. The van der Waals surface area contributed by atoms with Crippen LogP contribution in [0, 0.1) is 16.7 Å². The Bertz CT molecular complexity index is 1020. The molecule has 0 amide bonds. The largest absolute Gasteiger partial charge is 0.410 e. The minimum Gasteiger partial charge on any atom is -0.410 e. The summed E-state index contributed by atoms with van der Waals surface area (Å²) in [4.78, 5) is 0. The van der Waals surface area contributed by atoms with Gasteiger partial charge in [0.25, 0.3) is 0 Å². The molecule has 3 aromatic rings. The van der Waals surface area contributed by atoms with Crippen molar-refractivity contribution >= 4 is 8.32 Å². The second kappa shape index (κ2) is 10.7. The predicted molar refractivity (Wildman–Crippen MR) is 142 cm³/mol. The standard InChI is InChI=1S/C30H37NO2Si/c1-29(2,3)27(32-22-24-16-10-7-11-17-24)28(33-34(4,5)6)30(23-31,25-18-12-8-13-19-25)26-20-14-9-15-21-26/h7-21,27-28H,22H2,1-6H3/t27-,28-/m1/s1. The lowest BCUT2D eigenvalue weighted by Crippen LogP contribution is -2.56. The molecule has 0 aliphatic heterocycles. The van der Waals surface area contributed by atoms with Crippen LogP contribution in [0.25, 0.3) is 0 Å². The molecule has 3 nitrogen and oxygen atoms in total. The van der Waals surface area contributed by atoms with Crippen LogP contribution in [0.3, 0.4) is 0 Å². The summed E-state index contributed by atoms with van der Waals surface area (Å²) in [5, 5.41) is 11.0. The van der Waals surface area contributed by atoms with E-state index in [2.05, 4.69) is 58.6 Å². The number of nitriles is 1. The maximum atomic E-state index is 11.0. The van der Waals surface area contributed by atoms with E-state index in [0.29, 0.717) is 6.61 Å². The van der Waals surface area contributed by atoms with E-state index in [-0.39, 0.29) is 11.5 Å². The number of nitrogens with zero attached hydrogens (tertiary/aromatic N) is 1. The van der Waals surface area contributed by atoms with Crippen molar-refractivity contribution in [1.82, 2.24) is 0 Å². The van der Waals surface area contributed by atoms with Gasteiger partial charge < -0.3 is 9.16 Å². The molecule has 0 aliphatic rings. The molecule has 0 bridgehead atoms. The molecule has 4 heteroatoms. The Morgan fingerprint density at radius 3 is 1.56 bits per heavy atom. The van der Waals surface area contributed by atoms with Crippen LogP contribution >= 0.6 is 0 Å². The first-order valence-electron chi connectivity index (χ1n) is 11.9. The molecule has 178 valence electrons. The average molecular weight is 472 g/mol. The Kier molecular flexibility index (Phi) is 8.15. The van der Waals surface area contributed by atoms with Crippen molar-refractivity contribution in [3.63, 3.8) is 0 Å². The van der Waals surface area contributed by atoms with Crippen LogP contribution in [-0.4, -0.2) is 20.5 Å². The van der Waals surface area contributed by atoms with Crippen molar-refractivity contribution < 1.29 is 9.16 Å². The van der Waals surface area contributed by atoms with Crippen molar-refractivity contribution in [2.45, 2.75) is 64.6 Å². The molecule has 0 spiro atoms. The maximum absolute atomic E-state index is 11.0. The van der Waals surface area contributed by atoms with Crippen LogP contribution in [0.4, 0.5) is 0 Å². The molecule has 0 fully saturated rings. The van der Waals surface area contributed by atoms with Crippen LogP contribution in [0.2, 0.25) is 19.6 Å². The smallest absolute Gasteiger partial charge is 0.184 e. The Morgan fingerprint density at radius 1 is 0.735 bits per heavy atom. The third-order valence-corrected chi connectivity index (χ3v) is 6.90. The summed E-state index contributed by atoms with van der Waals surface area (Å²) in [7, 11) is -2.09. The number of rotatable bonds is 9. The van der Waals surface area contributed by atoms with Crippen molar-refractivity contribution in [3.05, 3.63) is 108 Å². The SMILES string of the molecule is CC(C)(C)[C@H](OCc1ccccc1)[C@@H](O[Si](C)(C)C)C(C#N)(c1ccccc1)c1ccccc1. The van der Waals surface area contributed by atoms with Gasteiger partial charge in [-0.15, -0.1) is 0 Å². The van der Waals surface area contributed by atoms with E-state index < -0.39 is 19.8 Å². The first-order valence-corrected chi connectivity index (χ1v) is 15.3. The molecule has 34 heavy (non-hydrogen) atoms. The van der Waals surface area contributed by atoms with E-state index in [1.165, 1.54) is 0 Å². The van der Waals surface area contributed by atoms with Crippen LogP contribution in [0.15, 0.2) is 91.0 Å². The first-order chi connectivity index (χ1) is 16.1. The summed E-state index contributed by atoms with van der Waals surface area (Å²) >= 11 is 0. The Labute approximate surface area is 206 Å². The average Bonchev–Trinajstić information content (AvgIpc) is 2.80. The molecule has 3 aromatic carbocycles. The van der Waals surface area contributed by atoms with Gasteiger partial charge in [0.05, 0.1) is 24.9 Å². The molecule has 3 rings (SSSR count). The van der Waals surface area contributed by atoms with Gasteiger partial charge in [-0.25, -0.2) is 0 Å². The van der Waals surface area contributed by atoms with Gasteiger partial charge in [-0.1, -0.05) is 112 Å². The molecule has 0 saturated carbocycles. The quantitative estimate of drug-likeness (QED) is 0.306. The minimum absolute atomic E-state index is 0.273. The normalized spacial score (nSPS) is 14.3. The highest BCUT2D eigenvalue weighted by Crippen LogP contribution is 2.44. The molecule has 0 aromatic heterocycles. The predicted octanol–water partition coefficient (Wildman–Crippen LogP) is 7.35. The summed E-state index contributed by atoms with van der Waals surface area (Å²) in [5.74, 6) is 0. The summed E-state index contributed by atoms with van der Waals surface area (Å²) in [5.41, 5.74) is 1.64. The third kappa shape index (κ3) is 6.04. The molecule has 0 saturated heterocycles. The van der Waals surface area contributed by atoms with Gasteiger partial charge in [0.1, 0.15) is 5.41 Å². The Hall–Kier alpha value is -2.71. The van der Waals surface area contributed by atoms with Gasteiger partial charge in [-0.3, -0.25) is 0 Å². The highest BCUT2D eigenvalue weighted by atomic mass is 28.4. The fourth-order valence-corrected chi connectivity index (χ4v) is 5.46. The number of hydrogen-bond donors (Lipinski definition) is 0. The summed E-state index contributed by atoms with van der Waals surface area (Å²) in [6.45, 7) is 13.5. The van der Waals surface area contributed by atoms with Crippen LogP contribution in [-0.2, 0) is 21.2 Å². The van der Waals surface area contributed by atoms with Crippen LogP contribution in [0.1, 0.15) is 37.5 Å². The van der Waals surface area contributed by atoms with Crippen molar-refractivity contribution in [1.29, 1.82) is 5.26 Å². The minimum atomic E-state index is -2.09. The second-order valence-electron chi connectivity index (χ2n) is 10.9. The lowest BCUT2D eigenvalue weighted by atomic mass is 9.66. The molecule has 0 heterocycles. The molecular weight excluding hydrogens is 434 g/mol. The lowest BCUT2D eigenvalue weighted by molar-refractivity contribution is -0.106. The molecule has 2 atom stereocenters. The van der Waals surface area contributed by atoms with Gasteiger partial charge >= 0.3 is 0 Å². The zero-order valence-corrected chi connectivity index (χ0v) is 22.3. The third-order valence-electron chi connectivity index (χ3n) is 5.94. The summed E-state index contributed by atoms with van der Waals surface area (Å²) in [6.07, 6.45) is -0.836. The topological polar surface area (TPSA) is 42.2 Å². The second-order valence-corrected chi connectivity index (χ2v) is 15.3. The highest BCUT2D eigenvalue weighted by Gasteiger charge is 2.52. The number of hydrogen-bond acceptors (Lipinski definition) is 3. The van der Waals surface area contributed by atoms with Gasteiger partial charge in [0.15, 0.2) is 8.32 Å². The Morgan fingerprint density at radius 2 is 1.18 bits per heavy atom. The molecule has 0 unspecified atom stereocenters. The van der Waals surface area contributed by atoms with E-state index in [1.807, 2.05) is 78.9 Å². The van der Waals surface area contributed by atoms with E-state index in [4.69, 9.17) is 9.16 Å². The zero-order valence-electron chi connectivity index (χ0n) is 21.3. The van der Waals surface area contributed by atoms with Gasteiger partial charge in [0.2, 0.25) is 0 Å². The fraction of sp³-hybridized carbons (Fsp3) is 0.367. The van der Waals surface area contributed by atoms with Crippen LogP contribution in [0.5, 0.6) is 0 Å². The van der Waals surface area contributed by atoms with E-state index in [9.17, 15) is 5.26 Å². The van der Waals surface area contributed by atoms with Crippen LogP contribution < -0.4 is 0 Å². The first kappa shape index (κ1) is 25.9. The molecule has 0 aliphatic carbocycles. The lowest BCUT2D eigenvalue weighted by Gasteiger charge is -2.47. The maximum Gasteiger partial charge on any atom is 0.184 e. The number of ether oxygens (including phenoxy) is 1. The Balaban J connectivity index is 2.22. The number of benzene rings is 3. The molecule has 0 radical (unpaired) electrons. The monoisotopic (exact) mass is 471 g/mol. The zero-order chi connectivity index (χ0) is 24.8. The van der Waals surface area contributed by atoms with E-state index in [0.717, 1.165) is 16.7 Å². The highest BCUT2D eigenvalue weighted by molar-refractivity contribution is 6.69. The van der Waals surface area contributed by atoms with Crippen molar-refractivity contribution in [2.24, 2.45) is 5.41 Å². The van der Waals surface area contributed by atoms with Gasteiger partial charge in [-0.05, 0) is 41.7 Å². The van der Waals surface area contributed by atoms with Gasteiger partial charge in [-0.2, -0.15) is 5.26 Å². The molecule has 0 N–H and O–H groups in total. The van der Waals surface area contributed by atoms with Crippen molar-refractivity contribution in [2.75, 3.05) is 0 Å². The summed E-state index contributed by atoms with van der Waals surface area (Å²) in [6, 6.07) is 33.0. The molecular formula is C30H37NO2Si. The van der Waals surface area contributed by atoms with E-state index in [1.54, 1.807) is 0 Å². The van der Waals surface area contributed by atoms with E-state index >= 15 is 0 Å². The van der Waals surface area contributed by atoms with Gasteiger partial charge in [0, 0.05) is 0 Å². The van der Waals surface area contributed by atoms with Crippen molar-refractivity contribution in [3.8, 4) is 6.07 Å².